The fourth-order valence-electron chi connectivity index (χ4n) is 1.28. The molecule has 0 fully saturated rings. The number of carboxylic acid groups (broad SMARTS) is 1. The van der Waals surface area contributed by atoms with Crippen molar-refractivity contribution in [3.8, 4) is 0 Å². The first-order valence-electron chi connectivity index (χ1n) is 5.08. The van der Waals surface area contributed by atoms with Crippen molar-refractivity contribution in [2.75, 3.05) is 0 Å². The Hall–Kier alpha value is -2.51. The summed E-state index contributed by atoms with van der Waals surface area (Å²) in [6, 6.07) is 0.926. The Kier molecular flexibility index (Phi) is 4.51. The van der Waals surface area contributed by atoms with Gasteiger partial charge >= 0.3 is 5.97 Å². The monoisotopic (exact) mass is 272 g/mol. The first kappa shape index (κ1) is 14.6. The SMILES string of the molecule is NC(=O)[C@@H](CC(=O)O)NC(=O)c1ccc(F)c(F)c1. The third kappa shape index (κ3) is 4.02. The number of halogens is 2. The summed E-state index contributed by atoms with van der Waals surface area (Å²) in [5.41, 5.74) is 4.66. The summed E-state index contributed by atoms with van der Waals surface area (Å²) in [5.74, 6) is -5.67. The lowest BCUT2D eigenvalue weighted by Gasteiger charge is -2.13. The molecule has 0 spiro atoms. The van der Waals surface area contributed by atoms with Crippen LogP contribution in [0.1, 0.15) is 16.8 Å². The summed E-state index contributed by atoms with van der Waals surface area (Å²) in [4.78, 5) is 33.0. The Balaban J connectivity index is 2.84. The van der Waals surface area contributed by atoms with E-state index in [1.165, 1.54) is 0 Å². The number of aliphatic carboxylic acids is 1. The fourth-order valence-corrected chi connectivity index (χ4v) is 1.28. The molecule has 1 rings (SSSR count). The molecular formula is C11H10F2N2O4. The second-order valence-corrected chi connectivity index (χ2v) is 3.66. The van der Waals surface area contributed by atoms with E-state index < -0.39 is 41.9 Å². The number of rotatable bonds is 5. The molecule has 6 nitrogen and oxygen atoms in total. The predicted molar refractivity (Wildman–Crippen MR) is 59.1 cm³/mol. The zero-order valence-corrected chi connectivity index (χ0v) is 9.52. The van der Waals surface area contributed by atoms with E-state index in [1.54, 1.807) is 0 Å². The topological polar surface area (TPSA) is 109 Å². The lowest BCUT2D eigenvalue weighted by molar-refractivity contribution is -0.139. The molecule has 19 heavy (non-hydrogen) atoms. The second kappa shape index (κ2) is 5.89. The summed E-state index contributed by atoms with van der Waals surface area (Å²) < 4.78 is 25.6. The summed E-state index contributed by atoms with van der Waals surface area (Å²) >= 11 is 0. The van der Waals surface area contributed by atoms with E-state index in [4.69, 9.17) is 10.8 Å². The molecule has 4 N–H and O–H groups in total. The largest absolute Gasteiger partial charge is 0.481 e. The van der Waals surface area contributed by atoms with Crippen LogP contribution in [0.5, 0.6) is 0 Å². The van der Waals surface area contributed by atoms with Gasteiger partial charge in [0.2, 0.25) is 5.91 Å². The molecule has 8 heteroatoms. The van der Waals surface area contributed by atoms with Crippen molar-refractivity contribution in [3.05, 3.63) is 35.4 Å². The van der Waals surface area contributed by atoms with Crippen LogP contribution in [0.25, 0.3) is 0 Å². The molecule has 0 aliphatic rings. The van der Waals surface area contributed by atoms with E-state index in [0.717, 1.165) is 12.1 Å². The maximum absolute atomic E-state index is 12.9. The average Bonchev–Trinajstić information content (AvgIpc) is 2.31. The van der Waals surface area contributed by atoms with Crippen LogP contribution in [0.3, 0.4) is 0 Å². The van der Waals surface area contributed by atoms with E-state index in [1.807, 2.05) is 5.32 Å². The highest BCUT2D eigenvalue weighted by Crippen LogP contribution is 2.09. The van der Waals surface area contributed by atoms with Crippen molar-refractivity contribution < 1.29 is 28.3 Å². The molecule has 0 saturated heterocycles. The highest BCUT2D eigenvalue weighted by atomic mass is 19.2. The number of primary amides is 1. The van der Waals surface area contributed by atoms with Crippen LogP contribution in [0, 0.1) is 11.6 Å². The van der Waals surface area contributed by atoms with Gasteiger partial charge in [0, 0.05) is 5.56 Å². The number of carbonyl (C=O) groups excluding carboxylic acids is 2. The summed E-state index contributed by atoms with van der Waals surface area (Å²) in [5, 5.41) is 10.6. The molecule has 0 saturated carbocycles. The Bertz CT molecular complexity index is 533. The Labute approximate surface area is 106 Å². The molecule has 1 aromatic carbocycles. The number of carbonyl (C=O) groups is 3. The first-order valence-corrected chi connectivity index (χ1v) is 5.08. The molecule has 0 aliphatic carbocycles. The van der Waals surface area contributed by atoms with Gasteiger partial charge in [0.15, 0.2) is 11.6 Å². The van der Waals surface area contributed by atoms with Gasteiger partial charge in [-0.25, -0.2) is 8.78 Å². The molecule has 0 radical (unpaired) electrons. The molecule has 2 amide bonds. The van der Waals surface area contributed by atoms with Gasteiger partial charge in [-0.05, 0) is 18.2 Å². The van der Waals surface area contributed by atoms with Gasteiger partial charge in [-0.15, -0.1) is 0 Å². The number of hydrogen-bond acceptors (Lipinski definition) is 3. The minimum Gasteiger partial charge on any atom is -0.481 e. The van der Waals surface area contributed by atoms with Gasteiger partial charge in [0.25, 0.3) is 5.91 Å². The van der Waals surface area contributed by atoms with Crippen LogP contribution in [-0.2, 0) is 9.59 Å². The minimum absolute atomic E-state index is 0.254. The molecule has 1 atom stereocenters. The molecule has 1 aromatic rings. The van der Waals surface area contributed by atoms with E-state index in [-0.39, 0.29) is 5.56 Å². The van der Waals surface area contributed by atoms with E-state index in [9.17, 15) is 23.2 Å². The maximum Gasteiger partial charge on any atom is 0.305 e. The normalized spacial score (nSPS) is 11.7. The zero-order valence-electron chi connectivity index (χ0n) is 9.52. The van der Waals surface area contributed by atoms with E-state index in [2.05, 4.69) is 0 Å². The van der Waals surface area contributed by atoms with Crippen molar-refractivity contribution in [1.82, 2.24) is 5.32 Å². The van der Waals surface area contributed by atoms with Crippen LogP contribution in [0.4, 0.5) is 8.78 Å². The van der Waals surface area contributed by atoms with Crippen molar-refractivity contribution in [3.63, 3.8) is 0 Å². The highest BCUT2D eigenvalue weighted by Gasteiger charge is 2.22. The van der Waals surface area contributed by atoms with Gasteiger partial charge in [-0.1, -0.05) is 0 Å². The molecule has 0 bridgehead atoms. The van der Waals surface area contributed by atoms with E-state index >= 15 is 0 Å². The minimum atomic E-state index is -1.43. The third-order valence-electron chi connectivity index (χ3n) is 2.21. The summed E-state index contributed by atoms with van der Waals surface area (Å²) in [6.07, 6.45) is -0.704. The average molecular weight is 272 g/mol. The van der Waals surface area contributed by atoms with Crippen LogP contribution in [0.2, 0.25) is 0 Å². The van der Waals surface area contributed by atoms with Gasteiger partial charge in [-0.3, -0.25) is 14.4 Å². The van der Waals surface area contributed by atoms with Crippen molar-refractivity contribution in [2.45, 2.75) is 12.5 Å². The number of carboxylic acids is 1. The quantitative estimate of drug-likeness (QED) is 0.702. The number of nitrogens with two attached hydrogens (primary N) is 1. The second-order valence-electron chi connectivity index (χ2n) is 3.66. The lowest BCUT2D eigenvalue weighted by Crippen LogP contribution is -2.45. The van der Waals surface area contributed by atoms with Crippen LogP contribution in [-0.4, -0.2) is 28.9 Å². The summed E-state index contributed by atoms with van der Waals surface area (Å²) in [6.45, 7) is 0. The number of amides is 2. The van der Waals surface area contributed by atoms with Crippen LogP contribution in [0.15, 0.2) is 18.2 Å². The molecular weight excluding hydrogens is 262 g/mol. The van der Waals surface area contributed by atoms with Crippen molar-refractivity contribution in [2.24, 2.45) is 5.73 Å². The first-order chi connectivity index (χ1) is 8.81. The van der Waals surface area contributed by atoms with Gasteiger partial charge in [0.05, 0.1) is 6.42 Å². The molecule has 0 aromatic heterocycles. The smallest absolute Gasteiger partial charge is 0.305 e. The Morgan fingerprint density at radius 3 is 2.37 bits per heavy atom. The van der Waals surface area contributed by atoms with Crippen molar-refractivity contribution in [1.29, 1.82) is 0 Å². The molecule has 102 valence electrons. The third-order valence-corrected chi connectivity index (χ3v) is 2.21. The zero-order chi connectivity index (χ0) is 14.6. The van der Waals surface area contributed by atoms with Gasteiger partial charge < -0.3 is 16.2 Å². The van der Waals surface area contributed by atoms with Gasteiger partial charge in [0.1, 0.15) is 6.04 Å². The van der Waals surface area contributed by atoms with Crippen LogP contribution < -0.4 is 11.1 Å². The fraction of sp³-hybridized carbons (Fsp3) is 0.182. The van der Waals surface area contributed by atoms with Crippen molar-refractivity contribution >= 4 is 17.8 Å². The standard InChI is InChI=1S/C11H10F2N2O4/c12-6-2-1-5(3-7(6)13)11(19)15-8(10(14)18)4-9(16)17/h1-3,8H,4H2,(H2,14,18)(H,15,19)(H,16,17)/t8-/m1/s1. The Morgan fingerprint density at radius 2 is 1.89 bits per heavy atom. The highest BCUT2D eigenvalue weighted by molar-refractivity contribution is 5.98. The number of hydrogen-bond donors (Lipinski definition) is 3. The molecule has 0 unspecified atom stereocenters. The number of nitrogens with one attached hydrogen (secondary N) is 1. The summed E-state index contributed by atoms with van der Waals surface area (Å²) in [7, 11) is 0. The van der Waals surface area contributed by atoms with Gasteiger partial charge in [-0.2, -0.15) is 0 Å². The molecule has 0 aliphatic heterocycles. The lowest BCUT2D eigenvalue weighted by atomic mass is 10.1. The maximum atomic E-state index is 12.9. The van der Waals surface area contributed by atoms with E-state index in [0.29, 0.717) is 6.07 Å². The number of benzene rings is 1. The Morgan fingerprint density at radius 1 is 1.26 bits per heavy atom. The predicted octanol–water partition coefficient (Wildman–Crippen LogP) is 0.0232. The molecule has 0 heterocycles. The van der Waals surface area contributed by atoms with Crippen LogP contribution >= 0.6 is 0 Å².